The molecule has 0 saturated heterocycles. The van der Waals surface area contributed by atoms with Crippen LogP contribution in [0, 0.1) is 22.7 Å². The number of Topliss-reactive ketones (excluding diaryl/α,β-unsaturated/α-hetero) is 1. The van der Waals surface area contributed by atoms with Crippen molar-refractivity contribution in [2.24, 2.45) is 27.7 Å². The minimum absolute atomic E-state index is 0.0728. The van der Waals surface area contributed by atoms with Gasteiger partial charge in [0, 0.05) is 27.2 Å². The minimum Gasteiger partial charge on any atom is -0.506 e. The highest BCUT2D eigenvalue weighted by atomic mass is 16.3. The molecule has 2 saturated carbocycles. The van der Waals surface area contributed by atoms with Gasteiger partial charge in [0.1, 0.15) is 17.1 Å². The van der Waals surface area contributed by atoms with Gasteiger partial charge in [-0.15, -0.1) is 0 Å². The van der Waals surface area contributed by atoms with Crippen LogP contribution in [-0.2, 0) is 4.79 Å². The molecule has 0 radical (unpaired) electrons. The first-order chi connectivity index (χ1) is 22.8. The Labute approximate surface area is 282 Å². The molecule has 0 aromatic heterocycles. The number of hydrogen-bond acceptors (Lipinski definition) is 6. The summed E-state index contributed by atoms with van der Waals surface area (Å²) in [6.45, 7) is 14.0. The van der Waals surface area contributed by atoms with Gasteiger partial charge in [-0.2, -0.15) is 0 Å². The van der Waals surface area contributed by atoms with Gasteiger partial charge in [-0.05, 0) is 84.1 Å². The Hall–Kier alpha value is -4.32. The van der Waals surface area contributed by atoms with Crippen molar-refractivity contribution >= 4 is 55.5 Å². The maximum absolute atomic E-state index is 14.5. The summed E-state index contributed by atoms with van der Waals surface area (Å²) in [6, 6.07) is 20.8. The van der Waals surface area contributed by atoms with E-state index in [0.717, 1.165) is 86.9 Å². The number of nitrogens with zero attached hydrogens (tertiary/aromatic N) is 1. The van der Waals surface area contributed by atoms with E-state index in [1.54, 1.807) is 0 Å². The number of nitrogens with one attached hydrogen (secondary N) is 3. The Morgan fingerprint density at radius 3 is 2.12 bits per heavy atom. The summed E-state index contributed by atoms with van der Waals surface area (Å²) >= 11 is 0. The highest BCUT2D eigenvalue weighted by Gasteiger charge is 2.48. The van der Waals surface area contributed by atoms with Crippen LogP contribution in [0.3, 0.4) is 0 Å². The number of benzene rings is 4. The van der Waals surface area contributed by atoms with Crippen molar-refractivity contribution in [2.75, 3.05) is 16.0 Å². The molecular formula is C42H46N4O2. The predicted octanol–water partition coefficient (Wildman–Crippen LogP) is 8.66. The Kier molecular flexibility index (Phi) is 5.99. The molecule has 4 unspecified atom stereocenters. The Bertz CT molecular complexity index is 2260. The number of carbonyl (C=O) groups excluding carboxylic acids is 1. The number of rotatable bonds is 1. The molecule has 6 nitrogen and oxygen atoms in total. The third-order valence-electron chi connectivity index (χ3n) is 11.7. The summed E-state index contributed by atoms with van der Waals surface area (Å²) in [7, 11) is 0. The van der Waals surface area contributed by atoms with Gasteiger partial charge >= 0.3 is 0 Å². The number of anilines is 3. The molecule has 9 rings (SSSR count). The molecule has 0 amide bonds. The molecule has 2 aliphatic heterocycles. The lowest BCUT2D eigenvalue weighted by Gasteiger charge is -2.51. The van der Waals surface area contributed by atoms with Gasteiger partial charge in [0.05, 0.1) is 27.9 Å². The largest absolute Gasteiger partial charge is 0.506 e. The first kappa shape index (κ1) is 29.8. The number of ketones is 1. The average Bonchev–Trinajstić information content (AvgIpc) is 2.97. The van der Waals surface area contributed by atoms with Crippen LogP contribution in [-0.4, -0.2) is 22.2 Å². The number of aliphatic hydroxyl groups is 1. The smallest absolute Gasteiger partial charge is 0.201 e. The monoisotopic (exact) mass is 638 g/mol. The molecule has 4 N–H and O–H groups in total. The van der Waals surface area contributed by atoms with E-state index in [2.05, 4.69) is 106 Å². The lowest BCUT2D eigenvalue weighted by molar-refractivity contribution is -0.109. The molecule has 246 valence electrons. The van der Waals surface area contributed by atoms with Crippen LogP contribution in [0.2, 0.25) is 0 Å². The molecule has 48 heavy (non-hydrogen) atoms. The van der Waals surface area contributed by atoms with Crippen LogP contribution in [0.25, 0.3) is 32.7 Å². The zero-order valence-corrected chi connectivity index (χ0v) is 29.0. The molecule has 3 aliphatic carbocycles. The van der Waals surface area contributed by atoms with Gasteiger partial charge in [-0.3, -0.25) is 9.79 Å². The van der Waals surface area contributed by atoms with Crippen molar-refractivity contribution in [1.82, 2.24) is 0 Å². The number of allylic oxidation sites excluding steroid dienone is 2. The lowest BCUT2D eigenvalue weighted by Crippen LogP contribution is -2.55. The highest BCUT2D eigenvalue weighted by Crippen LogP contribution is 2.53. The summed E-state index contributed by atoms with van der Waals surface area (Å²) in [6.07, 6.45) is 6.11. The summed E-state index contributed by atoms with van der Waals surface area (Å²) < 4.78 is 0. The molecule has 4 aromatic rings. The van der Waals surface area contributed by atoms with Crippen LogP contribution in [0.5, 0.6) is 0 Å². The number of aliphatic hydroxyl groups excluding tert-OH is 1. The standard InChI is InChI=1S/C42H46N4O2/c1-23-17-39(3,4)21-41(19-23)43-29-11-7-9-25-13-15-27(35(45-41)31(25)29)33-37(47)34(38(33)48)28-16-14-26-10-8-12-30-32(26)36(28)46-42(44-30)20-24(2)18-40(5,6)22-42/h7-16,23-24,43,45-47H,17-22H2,1-6H3/b34-28+. The third kappa shape index (κ3) is 4.37. The first-order valence-corrected chi connectivity index (χ1v) is 17.8. The zero-order chi connectivity index (χ0) is 33.4. The summed E-state index contributed by atoms with van der Waals surface area (Å²) in [5.74, 6) is 1.00. The van der Waals surface area contributed by atoms with Crippen LogP contribution >= 0.6 is 0 Å². The second kappa shape index (κ2) is 9.64. The summed E-state index contributed by atoms with van der Waals surface area (Å²) in [5, 5.41) is 29.7. The molecule has 2 heterocycles. The Morgan fingerprint density at radius 2 is 1.40 bits per heavy atom. The van der Waals surface area contributed by atoms with E-state index in [1.165, 1.54) is 6.42 Å². The van der Waals surface area contributed by atoms with Crippen LogP contribution in [0.15, 0.2) is 71.4 Å². The van der Waals surface area contributed by atoms with E-state index in [1.807, 2.05) is 12.1 Å². The fourth-order valence-electron chi connectivity index (χ4n) is 11.0. The Balaban J connectivity index is 1.23. The van der Waals surface area contributed by atoms with Crippen LogP contribution in [0.4, 0.5) is 17.1 Å². The van der Waals surface area contributed by atoms with Crippen molar-refractivity contribution in [3.8, 4) is 0 Å². The fraction of sp³-hybridized carbons (Fsp3) is 0.429. The fourth-order valence-corrected chi connectivity index (χ4v) is 11.0. The van der Waals surface area contributed by atoms with E-state index in [0.29, 0.717) is 23.0 Å². The first-order valence-electron chi connectivity index (χ1n) is 17.8. The highest BCUT2D eigenvalue weighted by molar-refractivity contribution is 6.52. The van der Waals surface area contributed by atoms with E-state index in [4.69, 9.17) is 4.99 Å². The molecule has 0 bridgehead atoms. The van der Waals surface area contributed by atoms with Gasteiger partial charge < -0.3 is 21.1 Å². The predicted molar refractivity (Wildman–Crippen MR) is 197 cm³/mol. The molecule has 2 spiro atoms. The van der Waals surface area contributed by atoms with Crippen molar-refractivity contribution < 1.29 is 9.90 Å². The minimum atomic E-state index is -0.455. The second-order valence-electron chi connectivity index (χ2n) is 17.5. The summed E-state index contributed by atoms with van der Waals surface area (Å²) in [5.41, 5.74) is 4.00. The van der Waals surface area contributed by atoms with Crippen molar-refractivity contribution in [1.29, 1.82) is 0 Å². The lowest BCUT2D eigenvalue weighted by atomic mass is 9.67. The summed E-state index contributed by atoms with van der Waals surface area (Å²) in [4.78, 5) is 19.9. The topological polar surface area (TPSA) is 85.8 Å². The zero-order valence-electron chi connectivity index (χ0n) is 29.0. The van der Waals surface area contributed by atoms with E-state index in [-0.39, 0.29) is 28.0 Å². The van der Waals surface area contributed by atoms with E-state index < -0.39 is 5.66 Å². The molecular weight excluding hydrogens is 592 g/mol. The normalized spacial score (nSPS) is 30.8. The third-order valence-corrected chi connectivity index (χ3v) is 11.7. The molecule has 2 fully saturated rings. The molecule has 4 aromatic carbocycles. The molecule has 4 atom stereocenters. The number of hydrogen-bond donors (Lipinski definition) is 4. The van der Waals surface area contributed by atoms with Gasteiger partial charge in [0.25, 0.3) is 0 Å². The van der Waals surface area contributed by atoms with E-state index >= 15 is 0 Å². The van der Waals surface area contributed by atoms with Gasteiger partial charge in [-0.1, -0.05) is 90.1 Å². The quantitative estimate of drug-likeness (QED) is 0.168. The van der Waals surface area contributed by atoms with Crippen molar-refractivity contribution in [2.45, 2.75) is 91.4 Å². The maximum atomic E-state index is 14.5. The van der Waals surface area contributed by atoms with Crippen LogP contribution < -0.4 is 26.5 Å². The maximum Gasteiger partial charge on any atom is 0.201 e. The molecule has 6 heteroatoms. The van der Waals surface area contributed by atoms with Gasteiger partial charge in [-0.25, -0.2) is 0 Å². The second-order valence-corrected chi connectivity index (χ2v) is 17.5. The Morgan fingerprint density at radius 1 is 0.708 bits per heavy atom. The van der Waals surface area contributed by atoms with Crippen LogP contribution in [0.1, 0.15) is 85.6 Å². The van der Waals surface area contributed by atoms with Gasteiger partial charge in [0.2, 0.25) is 5.78 Å². The number of carbonyl (C=O) groups is 1. The SMILES string of the molecule is CC1CC(C)(C)CC2(C1)N=c1cccc3cc/c(=C4\C(=O)C(c5ccc6cccc7c6c5NC5(CC(C)CC(C)(C)C5)N7)=C4O)c(c13)N2. The van der Waals surface area contributed by atoms with E-state index in [9.17, 15) is 9.90 Å². The van der Waals surface area contributed by atoms with Crippen molar-refractivity contribution in [3.63, 3.8) is 0 Å². The van der Waals surface area contributed by atoms with Crippen molar-refractivity contribution in [3.05, 3.63) is 82.6 Å². The van der Waals surface area contributed by atoms with Gasteiger partial charge in [0.15, 0.2) is 0 Å². The molecule has 5 aliphatic rings. The average molecular weight is 639 g/mol.